The summed E-state index contributed by atoms with van der Waals surface area (Å²) in [6.45, 7) is 4.69. The molecule has 0 aromatic rings. The Labute approximate surface area is 126 Å². The predicted octanol–water partition coefficient (Wildman–Crippen LogP) is 1.79. The molecule has 2 aliphatic rings. The van der Waals surface area contributed by atoms with Crippen molar-refractivity contribution in [2.24, 2.45) is 5.92 Å². The Bertz CT molecular complexity index is 367. The smallest absolute Gasteiger partial charge is 0.320 e. The molecule has 2 aliphatic heterocycles. The molecular weight excluding hydrogens is 272 g/mol. The van der Waals surface area contributed by atoms with Gasteiger partial charge in [-0.25, -0.2) is 4.79 Å². The van der Waals surface area contributed by atoms with E-state index in [4.69, 9.17) is 4.74 Å². The van der Waals surface area contributed by atoms with Crippen molar-refractivity contribution in [1.82, 2.24) is 9.80 Å². The molecule has 2 heterocycles. The Morgan fingerprint density at radius 2 is 1.86 bits per heavy atom. The quantitative estimate of drug-likeness (QED) is 0.859. The molecule has 6 nitrogen and oxygen atoms in total. The molecule has 0 radical (unpaired) electrons. The number of nitrogens with zero attached hydrogens (tertiary/aromatic N) is 2. The summed E-state index contributed by atoms with van der Waals surface area (Å²) in [5.41, 5.74) is 0. The third-order valence-electron chi connectivity index (χ3n) is 4.35. The van der Waals surface area contributed by atoms with E-state index >= 15 is 0 Å². The number of carboxylic acid groups (broad SMARTS) is 1. The largest absolute Gasteiger partial charge is 0.481 e. The van der Waals surface area contributed by atoms with Crippen molar-refractivity contribution >= 4 is 12.0 Å². The van der Waals surface area contributed by atoms with Crippen LogP contribution in [0, 0.1) is 5.92 Å². The molecule has 2 fully saturated rings. The predicted molar refractivity (Wildman–Crippen MR) is 78.2 cm³/mol. The molecule has 6 heteroatoms. The highest BCUT2D eigenvalue weighted by Crippen LogP contribution is 2.23. The van der Waals surface area contributed by atoms with Gasteiger partial charge in [-0.2, -0.15) is 0 Å². The number of rotatable bonds is 4. The number of carbonyl (C=O) groups excluding carboxylic acids is 1. The van der Waals surface area contributed by atoms with Gasteiger partial charge in [0.2, 0.25) is 0 Å². The number of hydrogen-bond acceptors (Lipinski definition) is 3. The number of aliphatic carboxylic acids is 1. The second-order valence-electron chi connectivity index (χ2n) is 5.93. The van der Waals surface area contributed by atoms with Crippen LogP contribution >= 0.6 is 0 Å². The van der Waals surface area contributed by atoms with E-state index in [2.05, 4.69) is 0 Å². The van der Waals surface area contributed by atoms with Crippen molar-refractivity contribution in [1.29, 1.82) is 0 Å². The van der Waals surface area contributed by atoms with Gasteiger partial charge in [-0.3, -0.25) is 4.79 Å². The van der Waals surface area contributed by atoms with Gasteiger partial charge in [-0.15, -0.1) is 0 Å². The molecule has 2 rings (SSSR count). The van der Waals surface area contributed by atoms with Crippen molar-refractivity contribution < 1.29 is 19.4 Å². The number of carboxylic acids is 1. The van der Waals surface area contributed by atoms with Crippen molar-refractivity contribution in [2.75, 3.05) is 32.8 Å². The fourth-order valence-electron chi connectivity index (χ4n) is 3.17. The maximum absolute atomic E-state index is 12.8. The molecule has 0 aromatic carbocycles. The summed E-state index contributed by atoms with van der Waals surface area (Å²) in [5, 5.41) is 9.31. The molecule has 2 saturated heterocycles. The minimum absolute atomic E-state index is 0.0134. The monoisotopic (exact) mass is 298 g/mol. The molecule has 2 unspecified atom stereocenters. The third kappa shape index (κ3) is 3.87. The zero-order chi connectivity index (χ0) is 15.2. The number of likely N-dealkylation sites (tertiary alicyclic amines) is 1. The summed E-state index contributed by atoms with van der Waals surface area (Å²) in [5.74, 6) is -1.48. The van der Waals surface area contributed by atoms with E-state index in [9.17, 15) is 14.7 Å². The Kier molecular flexibility index (Phi) is 5.85. The number of urea groups is 1. The molecule has 0 bridgehead atoms. The summed E-state index contributed by atoms with van der Waals surface area (Å²) in [7, 11) is 0. The number of amides is 2. The van der Waals surface area contributed by atoms with Crippen LogP contribution in [0.15, 0.2) is 0 Å². The van der Waals surface area contributed by atoms with Gasteiger partial charge < -0.3 is 19.6 Å². The van der Waals surface area contributed by atoms with Gasteiger partial charge >= 0.3 is 12.0 Å². The van der Waals surface area contributed by atoms with E-state index in [0.29, 0.717) is 13.2 Å². The molecule has 0 aliphatic carbocycles. The molecule has 0 spiro atoms. The Morgan fingerprint density at radius 1 is 1.19 bits per heavy atom. The number of hydrogen-bond donors (Lipinski definition) is 1. The average molecular weight is 298 g/mol. The van der Waals surface area contributed by atoms with Crippen LogP contribution < -0.4 is 0 Å². The van der Waals surface area contributed by atoms with Crippen LogP contribution in [0.2, 0.25) is 0 Å². The van der Waals surface area contributed by atoms with Crippen LogP contribution in [0.25, 0.3) is 0 Å². The SMILES string of the molecule is CCCN(C(=O)N1CCCCCC1)C1COCC1C(=O)O. The van der Waals surface area contributed by atoms with E-state index in [1.54, 1.807) is 4.90 Å². The van der Waals surface area contributed by atoms with Crippen molar-refractivity contribution in [3.8, 4) is 0 Å². The van der Waals surface area contributed by atoms with Gasteiger partial charge in [0, 0.05) is 19.6 Å². The molecule has 2 atom stereocenters. The lowest BCUT2D eigenvalue weighted by molar-refractivity contribution is -0.142. The lowest BCUT2D eigenvalue weighted by Gasteiger charge is -2.35. The van der Waals surface area contributed by atoms with Gasteiger partial charge in [-0.05, 0) is 19.3 Å². The second kappa shape index (κ2) is 7.64. The highest BCUT2D eigenvalue weighted by Gasteiger charge is 2.40. The first-order valence-corrected chi connectivity index (χ1v) is 8.01. The van der Waals surface area contributed by atoms with Crippen LogP contribution in [0.5, 0.6) is 0 Å². The van der Waals surface area contributed by atoms with E-state index in [0.717, 1.165) is 32.4 Å². The molecule has 0 saturated carbocycles. The van der Waals surface area contributed by atoms with E-state index in [1.807, 2.05) is 11.8 Å². The first-order valence-electron chi connectivity index (χ1n) is 8.01. The normalized spacial score (nSPS) is 26.4. The number of carbonyl (C=O) groups is 2. The van der Waals surface area contributed by atoms with E-state index in [-0.39, 0.29) is 18.7 Å². The standard InChI is InChI=1S/C15H26N2O4/c1-2-7-17(13-11-21-10-12(13)14(18)19)15(20)16-8-5-3-4-6-9-16/h12-13H,2-11H2,1H3,(H,18,19). The van der Waals surface area contributed by atoms with Crippen LogP contribution in [0.1, 0.15) is 39.0 Å². The van der Waals surface area contributed by atoms with Gasteiger partial charge in [0.05, 0.1) is 19.3 Å². The molecular formula is C15H26N2O4. The van der Waals surface area contributed by atoms with E-state index < -0.39 is 11.9 Å². The second-order valence-corrected chi connectivity index (χ2v) is 5.93. The van der Waals surface area contributed by atoms with Crippen LogP contribution in [-0.4, -0.2) is 65.8 Å². The lowest BCUT2D eigenvalue weighted by atomic mass is 10.0. The van der Waals surface area contributed by atoms with Gasteiger partial charge in [0.25, 0.3) is 0 Å². The molecule has 1 N–H and O–H groups in total. The summed E-state index contributed by atoms with van der Waals surface area (Å²) in [6, 6.07) is -0.348. The highest BCUT2D eigenvalue weighted by molar-refractivity contribution is 5.77. The Balaban J connectivity index is 2.09. The van der Waals surface area contributed by atoms with Gasteiger partial charge in [0.15, 0.2) is 0 Å². The summed E-state index contributed by atoms with van der Waals surface area (Å²) in [4.78, 5) is 27.8. The van der Waals surface area contributed by atoms with Crippen LogP contribution in [0.3, 0.4) is 0 Å². The van der Waals surface area contributed by atoms with Crippen molar-refractivity contribution in [3.05, 3.63) is 0 Å². The summed E-state index contributed by atoms with van der Waals surface area (Å²) in [6.07, 6.45) is 5.23. The summed E-state index contributed by atoms with van der Waals surface area (Å²) < 4.78 is 5.33. The molecule has 0 aromatic heterocycles. The fraction of sp³-hybridized carbons (Fsp3) is 0.867. The topological polar surface area (TPSA) is 70.1 Å². The first-order chi connectivity index (χ1) is 10.1. The third-order valence-corrected chi connectivity index (χ3v) is 4.35. The van der Waals surface area contributed by atoms with Crippen LogP contribution in [-0.2, 0) is 9.53 Å². The average Bonchev–Trinajstić information content (AvgIpc) is 2.79. The maximum atomic E-state index is 12.8. The fourth-order valence-corrected chi connectivity index (χ4v) is 3.17. The minimum Gasteiger partial charge on any atom is -0.481 e. The first kappa shape index (κ1) is 16.1. The van der Waals surface area contributed by atoms with Gasteiger partial charge in [-0.1, -0.05) is 19.8 Å². The maximum Gasteiger partial charge on any atom is 0.320 e. The highest BCUT2D eigenvalue weighted by atomic mass is 16.5. The Morgan fingerprint density at radius 3 is 2.43 bits per heavy atom. The van der Waals surface area contributed by atoms with Crippen LogP contribution in [0.4, 0.5) is 4.79 Å². The molecule has 21 heavy (non-hydrogen) atoms. The molecule has 120 valence electrons. The van der Waals surface area contributed by atoms with Crippen molar-refractivity contribution in [2.45, 2.75) is 45.1 Å². The lowest BCUT2D eigenvalue weighted by Crippen LogP contribution is -2.52. The van der Waals surface area contributed by atoms with Gasteiger partial charge in [0.1, 0.15) is 5.92 Å². The van der Waals surface area contributed by atoms with Crippen molar-refractivity contribution in [3.63, 3.8) is 0 Å². The number of ether oxygens (including phenoxy) is 1. The van der Waals surface area contributed by atoms with E-state index in [1.165, 1.54) is 12.8 Å². The summed E-state index contributed by atoms with van der Waals surface area (Å²) >= 11 is 0. The zero-order valence-electron chi connectivity index (χ0n) is 12.8. The zero-order valence-corrected chi connectivity index (χ0v) is 12.8. The molecule has 2 amide bonds. The Hall–Kier alpha value is -1.30. The minimum atomic E-state index is -0.873.